The molecule has 0 fully saturated rings. The van der Waals surface area contributed by atoms with Crippen LogP contribution in [0.3, 0.4) is 0 Å². The van der Waals surface area contributed by atoms with Gasteiger partial charge < -0.3 is 16.0 Å². The van der Waals surface area contributed by atoms with Gasteiger partial charge in [0.25, 0.3) is 0 Å². The Balaban J connectivity index is 4.08. The summed E-state index contributed by atoms with van der Waals surface area (Å²) in [7, 11) is 4.04. The van der Waals surface area contributed by atoms with Gasteiger partial charge in [-0.15, -0.1) is 0 Å². The van der Waals surface area contributed by atoms with E-state index in [1.165, 1.54) is 6.92 Å². The topological polar surface area (TPSA) is 75.4 Å². The van der Waals surface area contributed by atoms with Crippen LogP contribution in [0.5, 0.6) is 0 Å². The number of hydrogen-bond donors (Lipinski definition) is 2. The second kappa shape index (κ2) is 9.05. The molecule has 0 aliphatic heterocycles. The molecule has 0 aromatic heterocycles. The highest BCUT2D eigenvalue weighted by Gasteiger charge is 2.19. The van der Waals surface area contributed by atoms with Crippen molar-refractivity contribution in [3.63, 3.8) is 0 Å². The molecule has 0 saturated heterocycles. The Kier molecular flexibility index (Phi) is 8.58. The number of hydrogen-bond acceptors (Lipinski definition) is 4. The van der Waals surface area contributed by atoms with Crippen molar-refractivity contribution in [2.45, 2.75) is 39.2 Å². The zero-order valence-electron chi connectivity index (χ0n) is 12.0. The van der Waals surface area contributed by atoms with Crippen molar-refractivity contribution in [2.75, 3.05) is 27.2 Å². The molecule has 0 aromatic rings. The van der Waals surface area contributed by atoms with Gasteiger partial charge in [0, 0.05) is 12.5 Å². The second-order valence-corrected chi connectivity index (χ2v) is 5.11. The lowest BCUT2D eigenvalue weighted by Gasteiger charge is -2.18. The highest BCUT2D eigenvalue weighted by Crippen LogP contribution is 2.04. The smallest absolute Gasteiger partial charge is 0.224 e. The van der Waals surface area contributed by atoms with E-state index in [4.69, 9.17) is 5.73 Å². The van der Waals surface area contributed by atoms with E-state index < -0.39 is 0 Å². The average molecular weight is 257 g/mol. The standard InChI is InChI=1S/C13H27N3O2/c1-10(9-14)13(18)15-12(11(2)17)7-5-6-8-16(3)4/h10,12H,5-9,14H2,1-4H3,(H,15,18)/t10?,12-/m1/s1. The first-order valence-electron chi connectivity index (χ1n) is 6.54. The van der Waals surface area contributed by atoms with Crippen LogP contribution in [0.25, 0.3) is 0 Å². The third-order valence-corrected chi connectivity index (χ3v) is 2.96. The van der Waals surface area contributed by atoms with E-state index in [1.54, 1.807) is 6.92 Å². The van der Waals surface area contributed by atoms with E-state index in [0.717, 1.165) is 19.4 Å². The summed E-state index contributed by atoms with van der Waals surface area (Å²) in [5, 5.41) is 2.77. The Morgan fingerprint density at radius 3 is 2.33 bits per heavy atom. The maximum absolute atomic E-state index is 11.7. The van der Waals surface area contributed by atoms with E-state index in [2.05, 4.69) is 10.2 Å². The lowest BCUT2D eigenvalue weighted by atomic mass is 10.0. The molecule has 0 heterocycles. The largest absolute Gasteiger partial charge is 0.346 e. The summed E-state index contributed by atoms with van der Waals surface area (Å²) in [5.74, 6) is -0.364. The van der Waals surface area contributed by atoms with E-state index in [-0.39, 0.29) is 23.7 Å². The molecule has 1 amide bonds. The minimum Gasteiger partial charge on any atom is -0.346 e. The van der Waals surface area contributed by atoms with Crippen molar-refractivity contribution in [1.82, 2.24) is 10.2 Å². The first-order chi connectivity index (χ1) is 8.38. The third-order valence-electron chi connectivity index (χ3n) is 2.96. The normalized spacial score (nSPS) is 14.3. The Labute approximate surface area is 110 Å². The second-order valence-electron chi connectivity index (χ2n) is 5.11. The van der Waals surface area contributed by atoms with Crippen LogP contribution in [-0.4, -0.2) is 49.8 Å². The predicted molar refractivity (Wildman–Crippen MR) is 73.2 cm³/mol. The van der Waals surface area contributed by atoms with Crippen molar-refractivity contribution in [2.24, 2.45) is 11.7 Å². The van der Waals surface area contributed by atoms with Gasteiger partial charge in [-0.1, -0.05) is 6.92 Å². The van der Waals surface area contributed by atoms with Gasteiger partial charge in [0.2, 0.25) is 5.91 Å². The Morgan fingerprint density at radius 1 is 1.28 bits per heavy atom. The molecule has 5 heteroatoms. The first kappa shape index (κ1) is 17.1. The minimum absolute atomic E-state index is 0.0115. The van der Waals surface area contributed by atoms with E-state index >= 15 is 0 Å². The molecule has 0 saturated carbocycles. The predicted octanol–water partition coefficient (Wildman–Crippen LogP) is 0.387. The van der Waals surface area contributed by atoms with Gasteiger partial charge >= 0.3 is 0 Å². The molecule has 106 valence electrons. The summed E-state index contributed by atoms with van der Waals surface area (Å²) >= 11 is 0. The van der Waals surface area contributed by atoms with Crippen LogP contribution in [0.15, 0.2) is 0 Å². The van der Waals surface area contributed by atoms with Crippen molar-refractivity contribution in [3.8, 4) is 0 Å². The van der Waals surface area contributed by atoms with Crippen molar-refractivity contribution in [1.29, 1.82) is 0 Å². The Bertz CT molecular complexity index is 267. The van der Waals surface area contributed by atoms with Crippen molar-refractivity contribution < 1.29 is 9.59 Å². The van der Waals surface area contributed by atoms with E-state index in [0.29, 0.717) is 13.0 Å². The van der Waals surface area contributed by atoms with Gasteiger partial charge in [-0.3, -0.25) is 9.59 Å². The number of nitrogens with two attached hydrogens (primary N) is 1. The number of amides is 1. The van der Waals surface area contributed by atoms with Gasteiger partial charge in [0.05, 0.1) is 6.04 Å². The number of carbonyl (C=O) groups is 2. The fourth-order valence-electron chi connectivity index (χ4n) is 1.57. The maximum atomic E-state index is 11.7. The summed E-state index contributed by atoms with van der Waals surface area (Å²) in [4.78, 5) is 25.2. The number of ketones is 1. The number of unbranched alkanes of at least 4 members (excludes halogenated alkanes) is 1. The van der Waals surface area contributed by atoms with Crippen LogP contribution in [0.4, 0.5) is 0 Å². The molecule has 0 spiro atoms. The molecule has 2 atom stereocenters. The number of nitrogens with zero attached hydrogens (tertiary/aromatic N) is 1. The highest BCUT2D eigenvalue weighted by molar-refractivity contribution is 5.88. The third kappa shape index (κ3) is 7.40. The van der Waals surface area contributed by atoms with E-state index in [1.807, 2.05) is 14.1 Å². The van der Waals surface area contributed by atoms with Crippen LogP contribution in [0.1, 0.15) is 33.1 Å². The molecular formula is C13H27N3O2. The van der Waals surface area contributed by atoms with Crippen LogP contribution in [-0.2, 0) is 9.59 Å². The number of rotatable bonds is 9. The molecule has 0 aliphatic carbocycles. The zero-order valence-corrected chi connectivity index (χ0v) is 12.0. The fourth-order valence-corrected chi connectivity index (χ4v) is 1.57. The van der Waals surface area contributed by atoms with Gasteiger partial charge in [-0.05, 0) is 46.8 Å². The van der Waals surface area contributed by atoms with Gasteiger partial charge in [-0.25, -0.2) is 0 Å². The molecular weight excluding hydrogens is 230 g/mol. The quantitative estimate of drug-likeness (QED) is 0.586. The Morgan fingerprint density at radius 2 is 1.89 bits per heavy atom. The monoisotopic (exact) mass is 257 g/mol. The number of carbonyl (C=O) groups excluding carboxylic acids is 2. The molecule has 3 N–H and O–H groups in total. The van der Waals surface area contributed by atoms with Gasteiger partial charge in [0.1, 0.15) is 0 Å². The van der Waals surface area contributed by atoms with Crippen LogP contribution in [0.2, 0.25) is 0 Å². The SMILES string of the molecule is CC(=O)[C@@H](CCCCN(C)C)NC(=O)C(C)CN. The summed E-state index contributed by atoms with van der Waals surface area (Å²) in [5.41, 5.74) is 5.43. The average Bonchev–Trinajstić information content (AvgIpc) is 2.30. The maximum Gasteiger partial charge on any atom is 0.224 e. The summed E-state index contributed by atoms with van der Waals surface area (Å²) in [6, 6.07) is -0.367. The molecule has 0 aliphatic rings. The van der Waals surface area contributed by atoms with Crippen LogP contribution in [0, 0.1) is 5.92 Å². The van der Waals surface area contributed by atoms with Gasteiger partial charge in [0.15, 0.2) is 5.78 Å². The first-order valence-corrected chi connectivity index (χ1v) is 6.54. The van der Waals surface area contributed by atoms with E-state index in [9.17, 15) is 9.59 Å². The molecule has 1 unspecified atom stereocenters. The Hall–Kier alpha value is -0.940. The number of Topliss-reactive ketones (excluding diaryl/α,β-unsaturated/α-hetero) is 1. The highest BCUT2D eigenvalue weighted by atomic mass is 16.2. The zero-order chi connectivity index (χ0) is 14.1. The molecule has 0 bridgehead atoms. The summed E-state index contributed by atoms with van der Waals surface area (Å²) in [6.45, 7) is 4.58. The molecule has 0 aromatic carbocycles. The number of nitrogens with one attached hydrogen (secondary N) is 1. The lowest BCUT2D eigenvalue weighted by Crippen LogP contribution is -2.43. The molecule has 0 rings (SSSR count). The fraction of sp³-hybridized carbons (Fsp3) is 0.846. The van der Waals surface area contributed by atoms with Crippen LogP contribution >= 0.6 is 0 Å². The van der Waals surface area contributed by atoms with Gasteiger partial charge in [-0.2, -0.15) is 0 Å². The summed E-state index contributed by atoms with van der Waals surface area (Å²) < 4.78 is 0. The van der Waals surface area contributed by atoms with Crippen molar-refractivity contribution in [3.05, 3.63) is 0 Å². The molecule has 0 radical (unpaired) electrons. The van der Waals surface area contributed by atoms with Crippen LogP contribution < -0.4 is 11.1 Å². The van der Waals surface area contributed by atoms with Crippen molar-refractivity contribution >= 4 is 11.7 Å². The minimum atomic E-state index is -0.367. The lowest BCUT2D eigenvalue weighted by molar-refractivity contribution is -0.129. The molecule has 18 heavy (non-hydrogen) atoms. The molecule has 5 nitrogen and oxygen atoms in total. The summed E-state index contributed by atoms with van der Waals surface area (Å²) in [6.07, 6.45) is 2.66.